The van der Waals surface area contributed by atoms with Crippen molar-refractivity contribution in [2.75, 3.05) is 32.1 Å². The number of halogens is 1. The zero-order valence-corrected chi connectivity index (χ0v) is 20.6. The van der Waals surface area contributed by atoms with Gasteiger partial charge in [0.05, 0.1) is 5.75 Å². The second kappa shape index (κ2) is 12.4. The zero-order valence-electron chi connectivity index (χ0n) is 17.5. The number of benzene rings is 1. The Morgan fingerprint density at radius 1 is 1.17 bits per heavy atom. The number of likely N-dealkylation sites (tertiary alicyclic amines) is 1. The maximum Gasteiger partial charge on any atom is 0.253 e. The highest BCUT2D eigenvalue weighted by Gasteiger charge is 2.17. The van der Waals surface area contributed by atoms with Crippen LogP contribution < -0.4 is 10.6 Å². The van der Waals surface area contributed by atoms with Crippen LogP contribution in [0.15, 0.2) is 29.3 Å². The molecule has 0 spiro atoms. The first kappa shape index (κ1) is 25.7. The number of carbonyl (C=O) groups is 1. The number of rotatable bonds is 7. The maximum atomic E-state index is 12.5. The minimum absolute atomic E-state index is 0. The molecule has 0 saturated carbocycles. The summed E-state index contributed by atoms with van der Waals surface area (Å²) in [5.74, 6) is 0.871. The minimum Gasteiger partial charge on any atom is -0.354 e. The van der Waals surface area contributed by atoms with Gasteiger partial charge >= 0.3 is 0 Å². The van der Waals surface area contributed by atoms with E-state index in [1.165, 1.54) is 12.7 Å². The molecule has 1 aliphatic heterocycles. The molecule has 164 valence electrons. The summed E-state index contributed by atoms with van der Waals surface area (Å²) in [5, 5.41) is 6.42. The topological polar surface area (TPSA) is 90.9 Å². The lowest BCUT2D eigenvalue weighted by atomic mass is 10.1. The number of amides is 1. The number of nitrogens with zero attached hydrogens (tertiary/aromatic N) is 2. The van der Waals surface area contributed by atoms with Gasteiger partial charge in [0.2, 0.25) is 0 Å². The number of nitrogens with one attached hydrogen (secondary N) is 2. The molecule has 29 heavy (non-hydrogen) atoms. The molecule has 1 saturated heterocycles. The molecular formula is C20H33IN4O3S. The average molecular weight is 536 g/mol. The van der Waals surface area contributed by atoms with Crippen LogP contribution in [0.3, 0.4) is 0 Å². The van der Waals surface area contributed by atoms with Gasteiger partial charge in [-0.05, 0) is 50.3 Å². The van der Waals surface area contributed by atoms with Crippen LogP contribution in [0.5, 0.6) is 0 Å². The third kappa shape index (κ3) is 9.33. The van der Waals surface area contributed by atoms with E-state index < -0.39 is 9.84 Å². The largest absolute Gasteiger partial charge is 0.354 e. The quantitative estimate of drug-likeness (QED) is 0.318. The van der Waals surface area contributed by atoms with Gasteiger partial charge in [-0.3, -0.25) is 9.79 Å². The van der Waals surface area contributed by atoms with Crippen molar-refractivity contribution in [1.82, 2.24) is 15.5 Å². The van der Waals surface area contributed by atoms with Crippen LogP contribution in [0.4, 0.5) is 0 Å². The fourth-order valence-corrected chi connectivity index (χ4v) is 3.90. The van der Waals surface area contributed by atoms with E-state index in [-0.39, 0.29) is 41.7 Å². The lowest BCUT2D eigenvalue weighted by Gasteiger charge is -2.26. The Morgan fingerprint density at radius 3 is 2.34 bits per heavy atom. The third-order valence-corrected chi connectivity index (χ3v) is 5.81. The van der Waals surface area contributed by atoms with Gasteiger partial charge in [-0.25, -0.2) is 8.42 Å². The molecule has 9 heteroatoms. The van der Waals surface area contributed by atoms with Gasteiger partial charge in [0.15, 0.2) is 5.96 Å². The molecular weight excluding hydrogens is 503 g/mol. The van der Waals surface area contributed by atoms with Crippen molar-refractivity contribution in [2.45, 2.75) is 45.2 Å². The van der Waals surface area contributed by atoms with Crippen LogP contribution in [0, 0.1) is 0 Å². The van der Waals surface area contributed by atoms with Crippen molar-refractivity contribution >= 4 is 45.7 Å². The van der Waals surface area contributed by atoms with Crippen LogP contribution in [-0.2, 0) is 16.4 Å². The van der Waals surface area contributed by atoms with Crippen molar-refractivity contribution < 1.29 is 13.2 Å². The Labute approximate surface area is 191 Å². The first-order valence-corrected chi connectivity index (χ1v) is 11.9. The fourth-order valence-electron chi connectivity index (χ4n) is 3.12. The van der Waals surface area contributed by atoms with Crippen LogP contribution in [0.25, 0.3) is 0 Å². The van der Waals surface area contributed by atoms with Crippen molar-refractivity contribution in [1.29, 1.82) is 0 Å². The second-order valence-electron chi connectivity index (χ2n) is 7.44. The van der Waals surface area contributed by atoms with E-state index >= 15 is 0 Å². The van der Waals surface area contributed by atoms with Gasteiger partial charge in [0.25, 0.3) is 5.91 Å². The lowest BCUT2D eigenvalue weighted by molar-refractivity contribution is 0.0724. The van der Waals surface area contributed by atoms with Gasteiger partial charge in [-0.1, -0.05) is 12.1 Å². The van der Waals surface area contributed by atoms with Crippen molar-refractivity contribution in [2.24, 2.45) is 4.99 Å². The Balaban J connectivity index is 0.00000420. The molecule has 1 aromatic rings. The van der Waals surface area contributed by atoms with Crippen LogP contribution in [0.1, 0.15) is 48.5 Å². The standard InChI is InChI=1S/C20H32N4O3S.HI/c1-16(11-14-28(3,26)27)23-20(21-2)22-15-17-7-9-18(10-8-17)19(25)24-12-5-4-6-13-24;/h7-10,16H,4-6,11-15H2,1-3H3,(H2,21,22,23);1H. The molecule has 0 aromatic heterocycles. The highest BCUT2D eigenvalue weighted by Crippen LogP contribution is 2.14. The highest BCUT2D eigenvalue weighted by atomic mass is 127. The summed E-state index contributed by atoms with van der Waals surface area (Å²) in [4.78, 5) is 18.6. The van der Waals surface area contributed by atoms with Crippen LogP contribution in [0.2, 0.25) is 0 Å². The number of carbonyl (C=O) groups excluding carboxylic acids is 1. The van der Waals surface area contributed by atoms with E-state index in [0.717, 1.165) is 37.1 Å². The zero-order chi connectivity index (χ0) is 20.6. The summed E-state index contributed by atoms with van der Waals surface area (Å²) in [6, 6.07) is 7.64. The van der Waals surface area contributed by atoms with E-state index in [4.69, 9.17) is 0 Å². The Hall–Kier alpha value is -1.36. The maximum absolute atomic E-state index is 12.5. The predicted molar refractivity (Wildman–Crippen MR) is 129 cm³/mol. The smallest absolute Gasteiger partial charge is 0.253 e. The number of hydrogen-bond acceptors (Lipinski definition) is 4. The van der Waals surface area contributed by atoms with Gasteiger partial charge < -0.3 is 15.5 Å². The molecule has 0 radical (unpaired) electrons. The molecule has 1 amide bonds. The highest BCUT2D eigenvalue weighted by molar-refractivity contribution is 14.0. The lowest BCUT2D eigenvalue weighted by Crippen LogP contribution is -2.42. The predicted octanol–water partition coefficient (Wildman–Crippen LogP) is 2.42. The van der Waals surface area contributed by atoms with E-state index in [2.05, 4.69) is 15.6 Å². The molecule has 7 nitrogen and oxygen atoms in total. The minimum atomic E-state index is -2.97. The number of piperidine rings is 1. The molecule has 1 unspecified atom stereocenters. The fraction of sp³-hybridized carbons (Fsp3) is 0.600. The van der Waals surface area contributed by atoms with E-state index in [1.807, 2.05) is 36.1 Å². The van der Waals surface area contributed by atoms with Crippen molar-refractivity contribution in [3.05, 3.63) is 35.4 Å². The number of guanidine groups is 1. The SMILES string of the molecule is CN=C(NCc1ccc(C(=O)N2CCCCC2)cc1)NC(C)CCS(C)(=O)=O.I. The first-order chi connectivity index (χ1) is 13.3. The summed E-state index contributed by atoms with van der Waals surface area (Å²) in [6.07, 6.45) is 5.14. The normalized spacial score (nSPS) is 16.0. The molecule has 1 aliphatic rings. The summed E-state index contributed by atoms with van der Waals surface area (Å²) < 4.78 is 22.6. The van der Waals surface area contributed by atoms with E-state index in [0.29, 0.717) is 18.9 Å². The van der Waals surface area contributed by atoms with Gasteiger partial charge in [-0.15, -0.1) is 24.0 Å². The molecule has 2 N–H and O–H groups in total. The summed E-state index contributed by atoms with van der Waals surface area (Å²) in [7, 11) is -1.29. The van der Waals surface area contributed by atoms with E-state index in [1.54, 1.807) is 7.05 Å². The number of aliphatic imine (C=N–C) groups is 1. The molecule has 1 fully saturated rings. The van der Waals surface area contributed by atoms with Gasteiger partial charge in [0.1, 0.15) is 9.84 Å². The number of hydrogen-bond donors (Lipinski definition) is 2. The summed E-state index contributed by atoms with van der Waals surface area (Å²) >= 11 is 0. The Morgan fingerprint density at radius 2 is 1.79 bits per heavy atom. The summed E-state index contributed by atoms with van der Waals surface area (Å²) in [5.41, 5.74) is 1.77. The van der Waals surface area contributed by atoms with Gasteiger partial charge in [0, 0.05) is 44.5 Å². The molecule has 1 atom stereocenters. The first-order valence-electron chi connectivity index (χ1n) is 9.81. The van der Waals surface area contributed by atoms with Crippen molar-refractivity contribution in [3.8, 4) is 0 Å². The average Bonchev–Trinajstić information content (AvgIpc) is 2.69. The van der Waals surface area contributed by atoms with Gasteiger partial charge in [-0.2, -0.15) is 0 Å². The monoisotopic (exact) mass is 536 g/mol. The molecule has 1 aromatic carbocycles. The molecule has 0 bridgehead atoms. The van der Waals surface area contributed by atoms with Crippen LogP contribution >= 0.6 is 24.0 Å². The van der Waals surface area contributed by atoms with Crippen LogP contribution in [-0.4, -0.2) is 63.4 Å². The molecule has 1 heterocycles. The Kier molecular flexibility index (Phi) is 10.9. The number of sulfone groups is 1. The second-order valence-corrected chi connectivity index (χ2v) is 9.70. The third-order valence-electron chi connectivity index (χ3n) is 4.83. The Bertz CT molecular complexity index is 775. The summed E-state index contributed by atoms with van der Waals surface area (Å²) in [6.45, 7) is 4.19. The molecule has 0 aliphatic carbocycles. The molecule has 2 rings (SSSR count). The van der Waals surface area contributed by atoms with Crippen molar-refractivity contribution in [3.63, 3.8) is 0 Å². The van der Waals surface area contributed by atoms with E-state index in [9.17, 15) is 13.2 Å².